The number of hydrogen-bond acceptors (Lipinski definition) is 3. The molecule has 2 N–H and O–H groups in total. The van der Waals surface area contributed by atoms with Gasteiger partial charge in [0.2, 0.25) is 0 Å². The Balaban J connectivity index is 1.94. The quantitative estimate of drug-likeness (QED) is 0.904. The largest absolute Gasteiger partial charge is 0.330 e. The molecule has 19 heavy (non-hydrogen) atoms. The molecule has 1 aliphatic heterocycles. The third kappa shape index (κ3) is 3.76. The van der Waals surface area contributed by atoms with Crippen LogP contribution in [0.3, 0.4) is 0 Å². The summed E-state index contributed by atoms with van der Waals surface area (Å²) >= 11 is 0. The van der Waals surface area contributed by atoms with Gasteiger partial charge in [-0.25, -0.2) is 4.39 Å². The molecule has 1 fully saturated rings. The van der Waals surface area contributed by atoms with E-state index in [2.05, 4.69) is 11.0 Å². The van der Waals surface area contributed by atoms with Crippen molar-refractivity contribution in [3.05, 3.63) is 35.1 Å². The van der Waals surface area contributed by atoms with Gasteiger partial charge in [0.05, 0.1) is 11.6 Å². The van der Waals surface area contributed by atoms with Crippen LogP contribution in [0.1, 0.15) is 30.4 Å². The number of halogens is 1. The van der Waals surface area contributed by atoms with Crippen LogP contribution < -0.4 is 5.73 Å². The van der Waals surface area contributed by atoms with Crippen molar-refractivity contribution in [3.8, 4) is 6.07 Å². The van der Waals surface area contributed by atoms with E-state index in [1.807, 2.05) is 0 Å². The predicted octanol–water partition coefficient (Wildman–Crippen LogP) is 2.26. The fourth-order valence-electron chi connectivity index (χ4n) is 2.68. The van der Waals surface area contributed by atoms with E-state index in [-0.39, 0.29) is 5.82 Å². The first kappa shape index (κ1) is 14.0. The van der Waals surface area contributed by atoms with Crippen molar-refractivity contribution in [3.63, 3.8) is 0 Å². The Bertz CT molecular complexity index is 459. The number of piperidine rings is 1. The predicted molar refractivity (Wildman–Crippen MR) is 72.8 cm³/mol. The molecule has 102 valence electrons. The van der Waals surface area contributed by atoms with Crippen molar-refractivity contribution in [1.29, 1.82) is 5.26 Å². The van der Waals surface area contributed by atoms with E-state index in [0.29, 0.717) is 17.7 Å². The van der Waals surface area contributed by atoms with Crippen LogP contribution in [0.2, 0.25) is 0 Å². The normalized spacial score (nSPS) is 17.3. The highest BCUT2D eigenvalue weighted by molar-refractivity contribution is 5.33. The molecule has 1 aliphatic rings. The third-order valence-corrected chi connectivity index (χ3v) is 3.85. The second-order valence-corrected chi connectivity index (χ2v) is 5.21. The Morgan fingerprint density at radius 1 is 1.37 bits per heavy atom. The maximum Gasteiger partial charge on any atom is 0.127 e. The first-order chi connectivity index (χ1) is 9.22. The van der Waals surface area contributed by atoms with Gasteiger partial charge in [0.15, 0.2) is 0 Å². The van der Waals surface area contributed by atoms with E-state index in [1.54, 1.807) is 6.07 Å². The topological polar surface area (TPSA) is 53.0 Å². The number of likely N-dealkylation sites (tertiary alicyclic amines) is 1. The summed E-state index contributed by atoms with van der Waals surface area (Å²) in [7, 11) is 0. The molecular formula is C15H20FN3. The average Bonchev–Trinajstić information content (AvgIpc) is 2.44. The lowest BCUT2D eigenvalue weighted by molar-refractivity contribution is 0.172. The molecule has 0 atom stereocenters. The fraction of sp³-hybridized carbons (Fsp3) is 0.533. The summed E-state index contributed by atoms with van der Waals surface area (Å²) in [6, 6.07) is 6.61. The van der Waals surface area contributed by atoms with Gasteiger partial charge in [-0.05, 0) is 63.0 Å². The molecule has 0 aliphatic carbocycles. The molecule has 1 aromatic rings. The SMILES string of the molecule is N#Cc1ccc(F)c(CN2CCC(CCN)CC2)c1. The smallest absolute Gasteiger partial charge is 0.127 e. The number of rotatable bonds is 4. The van der Waals surface area contributed by atoms with Gasteiger partial charge in [0.25, 0.3) is 0 Å². The number of benzene rings is 1. The third-order valence-electron chi connectivity index (χ3n) is 3.85. The highest BCUT2D eigenvalue weighted by atomic mass is 19.1. The van der Waals surface area contributed by atoms with Gasteiger partial charge in [0.1, 0.15) is 5.82 Å². The van der Waals surface area contributed by atoms with Crippen LogP contribution in [0.5, 0.6) is 0 Å². The molecule has 0 amide bonds. The van der Waals surface area contributed by atoms with E-state index in [0.717, 1.165) is 44.8 Å². The lowest BCUT2D eigenvalue weighted by Gasteiger charge is -2.31. The van der Waals surface area contributed by atoms with Crippen molar-refractivity contribution in [2.24, 2.45) is 11.7 Å². The van der Waals surface area contributed by atoms with E-state index >= 15 is 0 Å². The van der Waals surface area contributed by atoms with Gasteiger partial charge in [-0.1, -0.05) is 0 Å². The second-order valence-electron chi connectivity index (χ2n) is 5.21. The van der Waals surface area contributed by atoms with Gasteiger partial charge in [0, 0.05) is 12.1 Å². The summed E-state index contributed by atoms with van der Waals surface area (Å²) in [6.07, 6.45) is 3.36. The van der Waals surface area contributed by atoms with Crippen molar-refractivity contribution >= 4 is 0 Å². The lowest BCUT2D eigenvalue weighted by Crippen LogP contribution is -2.34. The number of nitriles is 1. The van der Waals surface area contributed by atoms with Crippen LogP contribution in [-0.4, -0.2) is 24.5 Å². The molecule has 0 bridgehead atoms. The number of nitrogens with zero attached hydrogens (tertiary/aromatic N) is 2. The van der Waals surface area contributed by atoms with Crippen molar-refractivity contribution < 1.29 is 4.39 Å². The van der Waals surface area contributed by atoms with Gasteiger partial charge in [-0.2, -0.15) is 5.26 Å². The summed E-state index contributed by atoms with van der Waals surface area (Å²) in [6.45, 7) is 3.32. The standard InChI is InChI=1S/C15H20FN3/c16-15-2-1-13(10-18)9-14(15)11-19-7-4-12(3-6-17)5-8-19/h1-2,9,12H,3-8,11,17H2. The maximum absolute atomic E-state index is 13.7. The summed E-state index contributed by atoms with van der Waals surface area (Å²) in [5, 5.41) is 8.85. The van der Waals surface area contributed by atoms with Crippen molar-refractivity contribution in [2.45, 2.75) is 25.8 Å². The van der Waals surface area contributed by atoms with Crippen LogP contribution in [0.4, 0.5) is 4.39 Å². The molecule has 4 heteroatoms. The minimum Gasteiger partial charge on any atom is -0.330 e. The second kappa shape index (κ2) is 6.65. The zero-order valence-corrected chi connectivity index (χ0v) is 11.1. The Morgan fingerprint density at radius 2 is 2.11 bits per heavy atom. The first-order valence-electron chi connectivity index (χ1n) is 6.84. The number of hydrogen-bond donors (Lipinski definition) is 1. The van der Waals surface area contributed by atoms with Crippen LogP contribution in [-0.2, 0) is 6.54 Å². The monoisotopic (exact) mass is 261 g/mol. The van der Waals surface area contributed by atoms with Crippen LogP contribution in [0.15, 0.2) is 18.2 Å². The van der Waals surface area contributed by atoms with Gasteiger partial charge >= 0.3 is 0 Å². The molecule has 0 unspecified atom stereocenters. The summed E-state index contributed by atoms with van der Waals surface area (Å²) in [4.78, 5) is 2.26. The van der Waals surface area contributed by atoms with E-state index in [1.165, 1.54) is 12.1 Å². The summed E-state index contributed by atoms with van der Waals surface area (Å²) in [5.74, 6) is 0.500. The molecule has 0 spiro atoms. The zero-order valence-electron chi connectivity index (χ0n) is 11.1. The highest BCUT2D eigenvalue weighted by Gasteiger charge is 2.19. The van der Waals surface area contributed by atoms with Gasteiger partial charge in [-0.3, -0.25) is 4.90 Å². The minimum absolute atomic E-state index is 0.219. The Kier molecular flexibility index (Phi) is 4.89. The van der Waals surface area contributed by atoms with Crippen LogP contribution in [0.25, 0.3) is 0 Å². The van der Waals surface area contributed by atoms with E-state index < -0.39 is 0 Å². The zero-order chi connectivity index (χ0) is 13.7. The minimum atomic E-state index is -0.219. The molecule has 1 heterocycles. The molecular weight excluding hydrogens is 241 g/mol. The molecule has 0 radical (unpaired) electrons. The molecule has 1 aromatic carbocycles. The maximum atomic E-state index is 13.7. The lowest BCUT2D eigenvalue weighted by atomic mass is 9.93. The molecule has 0 saturated carbocycles. The molecule has 3 nitrogen and oxygen atoms in total. The van der Waals surface area contributed by atoms with E-state index in [9.17, 15) is 4.39 Å². The Labute approximate surface area is 113 Å². The van der Waals surface area contributed by atoms with Crippen LogP contribution in [0, 0.1) is 23.1 Å². The molecule has 0 aromatic heterocycles. The van der Waals surface area contributed by atoms with Crippen molar-refractivity contribution in [2.75, 3.05) is 19.6 Å². The average molecular weight is 261 g/mol. The van der Waals surface area contributed by atoms with Gasteiger partial charge in [-0.15, -0.1) is 0 Å². The van der Waals surface area contributed by atoms with Crippen LogP contribution >= 0.6 is 0 Å². The Hall–Kier alpha value is -1.44. The summed E-state index contributed by atoms with van der Waals surface area (Å²) in [5.41, 5.74) is 6.72. The van der Waals surface area contributed by atoms with Crippen molar-refractivity contribution in [1.82, 2.24) is 4.90 Å². The Morgan fingerprint density at radius 3 is 2.74 bits per heavy atom. The molecule has 2 rings (SSSR count). The molecule has 1 saturated heterocycles. The summed E-state index contributed by atoms with van der Waals surface area (Å²) < 4.78 is 13.7. The van der Waals surface area contributed by atoms with E-state index in [4.69, 9.17) is 11.0 Å². The van der Waals surface area contributed by atoms with Gasteiger partial charge < -0.3 is 5.73 Å². The fourth-order valence-corrected chi connectivity index (χ4v) is 2.68. The highest BCUT2D eigenvalue weighted by Crippen LogP contribution is 2.22. The first-order valence-corrected chi connectivity index (χ1v) is 6.84. The number of nitrogens with two attached hydrogens (primary N) is 1.